The number of aliphatic hydroxyl groups excluding tert-OH is 1. The summed E-state index contributed by atoms with van der Waals surface area (Å²) < 4.78 is 19.1. The minimum atomic E-state index is -1.09. The van der Waals surface area contributed by atoms with Crippen LogP contribution in [0.15, 0.2) is 70.9 Å². The standard InChI is InChI=1S/C22H16FNO5/c1-12-11-13(8-9-14(12)23)20(26)18-19(17-7-4-10-29-17)24(22(28)21(18)27)15-5-2-3-6-16(15)25/h2-11,19,25-26H,1H3/b20-18-. The maximum Gasteiger partial charge on any atom is 0.300 e. The zero-order chi connectivity index (χ0) is 20.7. The molecule has 29 heavy (non-hydrogen) atoms. The van der Waals surface area contributed by atoms with Gasteiger partial charge in [-0.1, -0.05) is 12.1 Å². The summed E-state index contributed by atoms with van der Waals surface area (Å²) in [5.74, 6) is -2.75. The van der Waals surface area contributed by atoms with Gasteiger partial charge in [-0.25, -0.2) is 4.39 Å². The Kier molecular flexibility index (Phi) is 4.43. The van der Waals surface area contributed by atoms with E-state index in [4.69, 9.17) is 4.42 Å². The summed E-state index contributed by atoms with van der Waals surface area (Å²) in [6, 6.07) is 12.0. The number of hydrogen-bond acceptors (Lipinski definition) is 5. The molecule has 6 nitrogen and oxygen atoms in total. The van der Waals surface area contributed by atoms with Crippen LogP contribution >= 0.6 is 0 Å². The smallest absolute Gasteiger partial charge is 0.300 e. The van der Waals surface area contributed by atoms with Crippen molar-refractivity contribution in [1.29, 1.82) is 0 Å². The first-order valence-electron chi connectivity index (χ1n) is 8.79. The van der Waals surface area contributed by atoms with Crippen LogP contribution in [0.5, 0.6) is 5.75 Å². The fraction of sp³-hybridized carbons (Fsp3) is 0.0909. The molecule has 2 aromatic carbocycles. The van der Waals surface area contributed by atoms with E-state index in [1.807, 2.05) is 0 Å². The highest BCUT2D eigenvalue weighted by Crippen LogP contribution is 2.44. The van der Waals surface area contributed by atoms with Gasteiger partial charge in [0.15, 0.2) is 0 Å². The van der Waals surface area contributed by atoms with Crippen molar-refractivity contribution in [1.82, 2.24) is 0 Å². The number of rotatable bonds is 3. The van der Waals surface area contributed by atoms with Crippen molar-refractivity contribution in [2.75, 3.05) is 4.90 Å². The molecule has 7 heteroatoms. The fourth-order valence-corrected chi connectivity index (χ4v) is 3.41. The topological polar surface area (TPSA) is 91.0 Å². The third-order valence-electron chi connectivity index (χ3n) is 4.83. The monoisotopic (exact) mass is 393 g/mol. The molecule has 0 bridgehead atoms. The van der Waals surface area contributed by atoms with Crippen molar-refractivity contribution < 1.29 is 28.6 Å². The van der Waals surface area contributed by atoms with E-state index < -0.39 is 29.3 Å². The highest BCUT2D eigenvalue weighted by atomic mass is 19.1. The van der Waals surface area contributed by atoms with Crippen LogP contribution in [0.3, 0.4) is 0 Å². The van der Waals surface area contributed by atoms with Crippen molar-refractivity contribution in [3.05, 3.63) is 89.1 Å². The molecule has 0 aliphatic carbocycles. The predicted molar refractivity (Wildman–Crippen MR) is 103 cm³/mol. The van der Waals surface area contributed by atoms with E-state index in [1.54, 1.807) is 24.3 Å². The Bertz CT molecular complexity index is 1150. The number of para-hydroxylation sites is 2. The molecule has 0 spiro atoms. The van der Waals surface area contributed by atoms with Gasteiger partial charge < -0.3 is 14.6 Å². The van der Waals surface area contributed by atoms with E-state index >= 15 is 0 Å². The van der Waals surface area contributed by atoms with Crippen LogP contribution in [0, 0.1) is 12.7 Å². The Morgan fingerprint density at radius 1 is 1.10 bits per heavy atom. The first-order valence-corrected chi connectivity index (χ1v) is 8.79. The number of hydrogen-bond donors (Lipinski definition) is 2. The number of phenolic OH excluding ortho intramolecular Hbond substituents is 1. The van der Waals surface area contributed by atoms with Crippen LogP contribution in [0.25, 0.3) is 5.76 Å². The number of aliphatic hydroxyl groups is 1. The molecular formula is C22H16FNO5. The Morgan fingerprint density at radius 2 is 1.86 bits per heavy atom. The molecule has 4 rings (SSSR count). The van der Waals surface area contributed by atoms with Crippen molar-refractivity contribution in [3.63, 3.8) is 0 Å². The normalized spacial score (nSPS) is 18.4. The van der Waals surface area contributed by atoms with Crippen molar-refractivity contribution >= 4 is 23.1 Å². The van der Waals surface area contributed by atoms with Crippen LogP contribution in [-0.4, -0.2) is 21.9 Å². The number of carbonyl (C=O) groups excluding carboxylic acids is 2. The van der Waals surface area contributed by atoms with E-state index in [1.165, 1.54) is 43.5 Å². The molecule has 1 saturated heterocycles. The number of carbonyl (C=O) groups is 2. The molecular weight excluding hydrogens is 377 g/mol. The number of aryl methyl sites for hydroxylation is 1. The van der Waals surface area contributed by atoms with Gasteiger partial charge in [0.25, 0.3) is 11.7 Å². The molecule has 0 radical (unpaired) electrons. The number of benzene rings is 2. The van der Waals surface area contributed by atoms with E-state index in [-0.39, 0.29) is 33.9 Å². The largest absolute Gasteiger partial charge is 0.507 e. The summed E-state index contributed by atoms with van der Waals surface area (Å²) >= 11 is 0. The van der Waals surface area contributed by atoms with Gasteiger partial charge in [0.2, 0.25) is 0 Å². The summed E-state index contributed by atoms with van der Waals surface area (Å²) in [7, 11) is 0. The Hall–Kier alpha value is -3.87. The van der Waals surface area contributed by atoms with Gasteiger partial charge in [-0.05, 0) is 55.0 Å². The number of nitrogens with zero attached hydrogens (tertiary/aromatic N) is 1. The average Bonchev–Trinajstić information content (AvgIpc) is 3.32. The van der Waals surface area contributed by atoms with Gasteiger partial charge in [0, 0.05) is 5.56 Å². The lowest BCUT2D eigenvalue weighted by molar-refractivity contribution is -0.132. The predicted octanol–water partition coefficient (Wildman–Crippen LogP) is 4.06. The first-order chi connectivity index (χ1) is 13.9. The van der Waals surface area contributed by atoms with Gasteiger partial charge in [-0.15, -0.1) is 0 Å². The van der Waals surface area contributed by atoms with Gasteiger partial charge >= 0.3 is 0 Å². The lowest BCUT2D eigenvalue weighted by Crippen LogP contribution is -2.29. The van der Waals surface area contributed by atoms with Crippen molar-refractivity contribution in [2.24, 2.45) is 0 Å². The number of phenols is 1. The zero-order valence-electron chi connectivity index (χ0n) is 15.3. The number of ketones is 1. The van der Waals surface area contributed by atoms with Gasteiger partial charge in [0.1, 0.15) is 29.1 Å². The molecule has 2 heterocycles. The van der Waals surface area contributed by atoms with Crippen LogP contribution in [0.4, 0.5) is 10.1 Å². The molecule has 1 amide bonds. The Balaban J connectivity index is 1.95. The third kappa shape index (κ3) is 2.97. The summed E-state index contributed by atoms with van der Waals surface area (Å²) in [5, 5.41) is 21.1. The molecule has 1 aliphatic heterocycles. The van der Waals surface area contributed by atoms with Crippen LogP contribution in [-0.2, 0) is 9.59 Å². The number of anilines is 1. The van der Waals surface area contributed by atoms with Crippen molar-refractivity contribution in [3.8, 4) is 5.75 Å². The number of Topliss-reactive ketones (excluding diaryl/α,β-unsaturated/α-hetero) is 1. The molecule has 3 aromatic rings. The first kappa shape index (κ1) is 18.5. The van der Waals surface area contributed by atoms with Crippen LogP contribution in [0.1, 0.15) is 22.9 Å². The maximum absolute atomic E-state index is 13.6. The second-order valence-electron chi connectivity index (χ2n) is 6.64. The van der Waals surface area contributed by atoms with E-state index in [0.29, 0.717) is 0 Å². The molecule has 1 aliphatic rings. The SMILES string of the molecule is Cc1cc(/C(O)=C2/C(=O)C(=O)N(c3ccccc3O)C2c2ccco2)ccc1F. The molecule has 146 valence electrons. The molecule has 1 aromatic heterocycles. The zero-order valence-corrected chi connectivity index (χ0v) is 15.3. The molecule has 0 saturated carbocycles. The maximum atomic E-state index is 13.6. The van der Waals surface area contributed by atoms with E-state index in [2.05, 4.69) is 0 Å². The van der Waals surface area contributed by atoms with Gasteiger partial charge in [0.05, 0.1) is 17.5 Å². The fourth-order valence-electron chi connectivity index (χ4n) is 3.41. The lowest BCUT2D eigenvalue weighted by atomic mass is 9.98. The quantitative estimate of drug-likeness (QED) is 0.398. The lowest BCUT2D eigenvalue weighted by Gasteiger charge is -2.24. The average molecular weight is 393 g/mol. The molecule has 2 N–H and O–H groups in total. The summed E-state index contributed by atoms with van der Waals surface area (Å²) in [5.41, 5.74) is 0.360. The highest BCUT2D eigenvalue weighted by Gasteiger charge is 2.49. The third-order valence-corrected chi connectivity index (χ3v) is 4.83. The molecule has 1 unspecified atom stereocenters. The van der Waals surface area contributed by atoms with Crippen molar-refractivity contribution in [2.45, 2.75) is 13.0 Å². The van der Waals surface area contributed by atoms with Crippen LogP contribution < -0.4 is 4.90 Å². The number of halogens is 1. The second kappa shape index (κ2) is 6.94. The Morgan fingerprint density at radius 3 is 2.52 bits per heavy atom. The van der Waals surface area contributed by atoms with Gasteiger partial charge in [-0.3, -0.25) is 14.5 Å². The van der Waals surface area contributed by atoms with E-state index in [0.717, 1.165) is 4.90 Å². The van der Waals surface area contributed by atoms with Gasteiger partial charge in [-0.2, -0.15) is 0 Å². The minimum absolute atomic E-state index is 0.102. The second-order valence-corrected chi connectivity index (χ2v) is 6.64. The molecule has 1 fully saturated rings. The Labute approximate surface area is 165 Å². The summed E-state index contributed by atoms with van der Waals surface area (Å²) in [6.07, 6.45) is 1.38. The van der Waals surface area contributed by atoms with E-state index in [9.17, 15) is 24.2 Å². The molecule has 1 atom stereocenters. The highest BCUT2D eigenvalue weighted by molar-refractivity contribution is 6.51. The summed E-state index contributed by atoms with van der Waals surface area (Å²) in [4.78, 5) is 26.8. The number of aromatic hydroxyl groups is 1. The minimum Gasteiger partial charge on any atom is -0.507 e. The summed E-state index contributed by atoms with van der Waals surface area (Å²) in [6.45, 7) is 1.52. The number of furan rings is 1. The van der Waals surface area contributed by atoms with Crippen LogP contribution in [0.2, 0.25) is 0 Å². The number of amides is 1.